The van der Waals surface area contributed by atoms with Crippen LogP contribution in [0.25, 0.3) is 0 Å². The van der Waals surface area contributed by atoms with Gasteiger partial charge in [-0.3, -0.25) is 9.59 Å². The first kappa shape index (κ1) is 18.7. The first-order chi connectivity index (χ1) is 10.2. The van der Waals surface area contributed by atoms with Gasteiger partial charge >= 0.3 is 0 Å². The molecule has 0 atom stereocenters. The molecular weight excluding hydrogens is 325 g/mol. The summed E-state index contributed by atoms with van der Waals surface area (Å²) in [6.07, 6.45) is 0. The van der Waals surface area contributed by atoms with Crippen molar-refractivity contribution in [3.63, 3.8) is 0 Å². The van der Waals surface area contributed by atoms with Crippen molar-refractivity contribution in [2.75, 3.05) is 26.7 Å². The molecule has 3 N–H and O–H groups in total. The van der Waals surface area contributed by atoms with Crippen molar-refractivity contribution >= 4 is 35.0 Å². The molecule has 0 bridgehead atoms. The van der Waals surface area contributed by atoms with Crippen LogP contribution in [0.2, 0.25) is 10.0 Å². The van der Waals surface area contributed by atoms with Crippen LogP contribution in [0.3, 0.4) is 0 Å². The second-order valence-electron chi connectivity index (χ2n) is 5.93. The monoisotopic (exact) mass is 345 g/mol. The van der Waals surface area contributed by atoms with Crippen molar-refractivity contribution in [2.45, 2.75) is 13.8 Å². The summed E-state index contributed by atoms with van der Waals surface area (Å²) in [4.78, 5) is 25.5. The molecule has 0 radical (unpaired) electrons. The second-order valence-corrected chi connectivity index (χ2v) is 6.74. The lowest BCUT2D eigenvalue weighted by molar-refractivity contribution is -0.130. The highest BCUT2D eigenvalue weighted by Gasteiger charge is 2.21. The Morgan fingerprint density at radius 2 is 1.91 bits per heavy atom. The molecule has 1 aromatic carbocycles. The van der Waals surface area contributed by atoms with Gasteiger partial charge in [-0.15, -0.1) is 0 Å². The van der Waals surface area contributed by atoms with Crippen molar-refractivity contribution in [2.24, 2.45) is 11.1 Å². The third kappa shape index (κ3) is 5.48. The zero-order chi connectivity index (χ0) is 16.9. The van der Waals surface area contributed by atoms with E-state index in [1.54, 1.807) is 18.0 Å². The topological polar surface area (TPSA) is 75.4 Å². The molecule has 0 heterocycles. The van der Waals surface area contributed by atoms with Gasteiger partial charge in [-0.25, -0.2) is 0 Å². The average Bonchev–Trinajstić information content (AvgIpc) is 2.46. The van der Waals surface area contributed by atoms with Gasteiger partial charge in [0.2, 0.25) is 5.91 Å². The molecule has 0 aliphatic heterocycles. The van der Waals surface area contributed by atoms with Crippen LogP contribution >= 0.6 is 23.2 Å². The zero-order valence-corrected chi connectivity index (χ0v) is 14.5. The predicted molar refractivity (Wildman–Crippen MR) is 89.3 cm³/mol. The summed E-state index contributed by atoms with van der Waals surface area (Å²) in [5.41, 5.74) is 5.83. The first-order valence-corrected chi connectivity index (χ1v) is 7.59. The number of benzene rings is 1. The molecule has 0 aliphatic rings. The molecule has 0 aliphatic carbocycles. The smallest absolute Gasteiger partial charge is 0.251 e. The van der Waals surface area contributed by atoms with Crippen LogP contribution in [0.1, 0.15) is 24.2 Å². The molecule has 2 amide bonds. The van der Waals surface area contributed by atoms with E-state index in [0.717, 1.165) is 0 Å². The highest BCUT2D eigenvalue weighted by molar-refractivity contribution is 6.42. The Kier molecular flexibility index (Phi) is 6.66. The molecule has 0 spiro atoms. The Bertz CT molecular complexity index is 562. The van der Waals surface area contributed by atoms with Crippen LogP contribution in [0.5, 0.6) is 0 Å². The fraction of sp³-hybridized carbons (Fsp3) is 0.467. The molecule has 7 heteroatoms. The Labute approximate surface area is 140 Å². The Balaban J connectivity index is 2.56. The van der Waals surface area contributed by atoms with E-state index in [0.29, 0.717) is 28.7 Å². The largest absolute Gasteiger partial charge is 0.344 e. The van der Waals surface area contributed by atoms with Crippen molar-refractivity contribution in [1.29, 1.82) is 0 Å². The number of halogens is 2. The molecule has 1 rings (SSSR count). The third-order valence-corrected chi connectivity index (χ3v) is 3.96. The van der Waals surface area contributed by atoms with Crippen LogP contribution in [-0.4, -0.2) is 43.4 Å². The third-order valence-electron chi connectivity index (χ3n) is 3.23. The fourth-order valence-corrected chi connectivity index (χ4v) is 2.12. The van der Waals surface area contributed by atoms with Gasteiger partial charge in [-0.2, -0.15) is 0 Å². The van der Waals surface area contributed by atoms with Crippen molar-refractivity contribution < 1.29 is 9.59 Å². The fourth-order valence-electron chi connectivity index (χ4n) is 1.83. The van der Waals surface area contributed by atoms with Gasteiger partial charge in [0.1, 0.15) is 0 Å². The maximum atomic E-state index is 12.0. The van der Waals surface area contributed by atoms with E-state index in [9.17, 15) is 9.59 Å². The molecule has 0 saturated heterocycles. The summed E-state index contributed by atoms with van der Waals surface area (Å²) in [6.45, 7) is 4.86. The second kappa shape index (κ2) is 7.81. The van der Waals surface area contributed by atoms with Crippen LogP contribution in [0.4, 0.5) is 0 Å². The van der Waals surface area contributed by atoms with Crippen LogP contribution in [0, 0.1) is 5.41 Å². The minimum absolute atomic E-state index is 0.0871. The van der Waals surface area contributed by atoms with Gasteiger partial charge in [-0.1, -0.05) is 37.0 Å². The SMILES string of the molecule is CN(CC(C)(C)CN)C(=O)CNC(=O)c1ccc(Cl)c(Cl)c1. The highest BCUT2D eigenvalue weighted by atomic mass is 35.5. The summed E-state index contributed by atoms with van der Waals surface area (Å²) in [7, 11) is 1.69. The van der Waals surface area contributed by atoms with E-state index in [2.05, 4.69) is 5.32 Å². The van der Waals surface area contributed by atoms with Gasteiger partial charge in [0.05, 0.1) is 16.6 Å². The number of nitrogens with two attached hydrogens (primary N) is 1. The number of nitrogens with zero attached hydrogens (tertiary/aromatic N) is 1. The van der Waals surface area contributed by atoms with Crippen molar-refractivity contribution in [1.82, 2.24) is 10.2 Å². The normalized spacial score (nSPS) is 11.2. The van der Waals surface area contributed by atoms with Gasteiger partial charge in [0, 0.05) is 19.2 Å². The summed E-state index contributed by atoms with van der Waals surface area (Å²) < 4.78 is 0. The summed E-state index contributed by atoms with van der Waals surface area (Å²) in [5.74, 6) is -0.562. The standard InChI is InChI=1S/C15H21Cl2N3O2/c1-15(2,8-18)9-20(3)13(21)7-19-14(22)10-4-5-11(16)12(17)6-10/h4-6H,7-9,18H2,1-3H3,(H,19,22). The minimum Gasteiger partial charge on any atom is -0.344 e. The van der Waals surface area contributed by atoms with Gasteiger partial charge in [0.15, 0.2) is 0 Å². The minimum atomic E-state index is -0.376. The van der Waals surface area contributed by atoms with Crippen LogP contribution < -0.4 is 11.1 Å². The molecule has 0 saturated carbocycles. The number of carbonyl (C=O) groups excluding carboxylic acids is 2. The van der Waals surface area contributed by atoms with E-state index >= 15 is 0 Å². The van der Waals surface area contributed by atoms with E-state index in [-0.39, 0.29) is 23.8 Å². The summed E-state index contributed by atoms with van der Waals surface area (Å²) >= 11 is 11.7. The van der Waals surface area contributed by atoms with E-state index in [1.807, 2.05) is 13.8 Å². The average molecular weight is 346 g/mol. The van der Waals surface area contributed by atoms with Crippen LogP contribution in [-0.2, 0) is 4.79 Å². The predicted octanol–water partition coefficient (Wildman–Crippen LogP) is 2.17. The summed E-state index contributed by atoms with van der Waals surface area (Å²) in [6, 6.07) is 4.55. The number of hydrogen-bond donors (Lipinski definition) is 2. The highest BCUT2D eigenvalue weighted by Crippen LogP contribution is 2.22. The van der Waals surface area contributed by atoms with E-state index < -0.39 is 0 Å². The van der Waals surface area contributed by atoms with Crippen molar-refractivity contribution in [3.8, 4) is 0 Å². The maximum absolute atomic E-state index is 12.0. The number of hydrogen-bond acceptors (Lipinski definition) is 3. The lowest BCUT2D eigenvalue weighted by atomic mass is 9.93. The molecule has 0 fully saturated rings. The lowest BCUT2D eigenvalue weighted by Gasteiger charge is -2.29. The molecule has 1 aromatic rings. The molecule has 0 aromatic heterocycles. The first-order valence-electron chi connectivity index (χ1n) is 6.83. The quantitative estimate of drug-likeness (QED) is 0.829. The molecular formula is C15H21Cl2N3O2. The van der Waals surface area contributed by atoms with Crippen molar-refractivity contribution in [3.05, 3.63) is 33.8 Å². The Hall–Kier alpha value is -1.30. The zero-order valence-electron chi connectivity index (χ0n) is 13.0. The number of likely N-dealkylation sites (N-methyl/N-ethyl adjacent to an activating group) is 1. The molecule has 0 unspecified atom stereocenters. The molecule has 22 heavy (non-hydrogen) atoms. The molecule has 5 nitrogen and oxygen atoms in total. The maximum Gasteiger partial charge on any atom is 0.251 e. The van der Waals surface area contributed by atoms with E-state index in [4.69, 9.17) is 28.9 Å². The van der Waals surface area contributed by atoms with Crippen LogP contribution in [0.15, 0.2) is 18.2 Å². The Morgan fingerprint density at radius 1 is 1.27 bits per heavy atom. The van der Waals surface area contributed by atoms with Gasteiger partial charge < -0.3 is 16.0 Å². The number of carbonyl (C=O) groups is 2. The summed E-state index contributed by atoms with van der Waals surface area (Å²) in [5, 5.41) is 3.23. The number of amides is 2. The molecule has 122 valence electrons. The Morgan fingerprint density at radius 3 is 2.45 bits per heavy atom. The van der Waals surface area contributed by atoms with E-state index in [1.165, 1.54) is 12.1 Å². The van der Waals surface area contributed by atoms with Gasteiger partial charge in [-0.05, 0) is 30.2 Å². The van der Waals surface area contributed by atoms with Gasteiger partial charge in [0.25, 0.3) is 5.91 Å². The number of rotatable bonds is 6. The lowest BCUT2D eigenvalue weighted by Crippen LogP contribution is -2.44. The number of nitrogens with one attached hydrogen (secondary N) is 1.